The normalized spacial score (nSPS) is 17.5. The number of hydrogen-bond donors (Lipinski definition) is 0. The smallest absolute Gasteiger partial charge is 0.258 e. The van der Waals surface area contributed by atoms with E-state index in [-0.39, 0.29) is 12.2 Å². The summed E-state index contributed by atoms with van der Waals surface area (Å²) in [5.74, 6) is 0.524. The van der Waals surface area contributed by atoms with Gasteiger partial charge in [0.15, 0.2) is 0 Å². The highest BCUT2D eigenvalue weighted by Crippen LogP contribution is 2.28. The fourth-order valence-electron chi connectivity index (χ4n) is 4.54. The average Bonchev–Trinajstić information content (AvgIpc) is 3.39. The van der Waals surface area contributed by atoms with E-state index in [0.29, 0.717) is 16.8 Å². The highest BCUT2D eigenvalue weighted by Gasteiger charge is 2.21. The SMILES string of the molecule is CN(Cc1ccc2c(c1)CCC(n1ccc(OCc3ccc(Cl)cn3)cc1=O)=C2)C1CCOC1. The molecule has 1 aromatic carbocycles. The molecule has 1 atom stereocenters. The Bertz CT molecular complexity index is 1250. The van der Waals surface area contributed by atoms with E-state index in [0.717, 1.165) is 50.4 Å². The first-order valence-corrected chi connectivity index (χ1v) is 12.0. The Labute approximate surface area is 204 Å². The van der Waals surface area contributed by atoms with Crippen molar-refractivity contribution in [2.45, 2.75) is 38.5 Å². The number of hydrogen-bond acceptors (Lipinski definition) is 5. The van der Waals surface area contributed by atoms with Crippen molar-refractivity contribution in [1.29, 1.82) is 0 Å². The third-order valence-electron chi connectivity index (χ3n) is 6.52. The molecule has 3 aromatic rings. The lowest BCUT2D eigenvalue weighted by atomic mass is 9.93. The molecule has 0 N–H and O–H groups in total. The monoisotopic (exact) mass is 477 g/mol. The second-order valence-electron chi connectivity index (χ2n) is 8.93. The summed E-state index contributed by atoms with van der Waals surface area (Å²) in [4.78, 5) is 19.4. The summed E-state index contributed by atoms with van der Waals surface area (Å²) >= 11 is 5.87. The molecule has 0 spiro atoms. The molecular formula is C27H28ClN3O3. The molecule has 1 saturated heterocycles. The van der Waals surface area contributed by atoms with Crippen LogP contribution in [0, 0.1) is 0 Å². The highest BCUT2D eigenvalue weighted by molar-refractivity contribution is 6.30. The molecule has 0 amide bonds. The Hall–Kier alpha value is -2.93. The molecule has 1 fully saturated rings. The van der Waals surface area contributed by atoms with Crippen molar-refractivity contribution in [3.05, 3.63) is 92.6 Å². The van der Waals surface area contributed by atoms with E-state index in [2.05, 4.69) is 41.2 Å². The number of allylic oxidation sites excluding steroid dienone is 1. The first-order chi connectivity index (χ1) is 16.5. The summed E-state index contributed by atoms with van der Waals surface area (Å²) in [6.45, 7) is 2.88. The molecule has 5 rings (SSSR count). The van der Waals surface area contributed by atoms with Crippen molar-refractivity contribution >= 4 is 23.4 Å². The predicted molar refractivity (Wildman–Crippen MR) is 134 cm³/mol. The second-order valence-corrected chi connectivity index (χ2v) is 9.36. The largest absolute Gasteiger partial charge is 0.487 e. The van der Waals surface area contributed by atoms with Gasteiger partial charge in [0.25, 0.3) is 5.56 Å². The van der Waals surface area contributed by atoms with Crippen molar-refractivity contribution in [2.24, 2.45) is 0 Å². The van der Waals surface area contributed by atoms with E-state index in [1.54, 1.807) is 29.1 Å². The van der Waals surface area contributed by atoms with Crippen LogP contribution >= 0.6 is 11.6 Å². The first kappa shape index (κ1) is 22.8. The fraction of sp³-hybridized carbons (Fsp3) is 0.333. The zero-order valence-corrected chi connectivity index (χ0v) is 20.0. The van der Waals surface area contributed by atoms with Gasteiger partial charge in [-0.1, -0.05) is 29.8 Å². The van der Waals surface area contributed by atoms with Crippen molar-refractivity contribution < 1.29 is 9.47 Å². The maximum atomic E-state index is 12.8. The zero-order chi connectivity index (χ0) is 23.5. The summed E-state index contributed by atoms with van der Waals surface area (Å²) in [7, 11) is 2.17. The van der Waals surface area contributed by atoms with Gasteiger partial charge in [0.2, 0.25) is 0 Å². The van der Waals surface area contributed by atoms with Crippen LogP contribution in [0.2, 0.25) is 5.02 Å². The number of ether oxygens (including phenoxy) is 2. The molecule has 0 bridgehead atoms. The molecule has 1 unspecified atom stereocenters. The third-order valence-corrected chi connectivity index (χ3v) is 6.74. The number of likely N-dealkylation sites (N-methyl/N-ethyl adjacent to an activating group) is 1. The van der Waals surface area contributed by atoms with Gasteiger partial charge in [-0.2, -0.15) is 0 Å². The molecule has 34 heavy (non-hydrogen) atoms. The van der Waals surface area contributed by atoms with Gasteiger partial charge in [-0.15, -0.1) is 0 Å². The summed E-state index contributed by atoms with van der Waals surface area (Å²) in [6, 6.07) is 14.1. The minimum atomic E-state index is -0.103. The number of halogens is 1. The number of nitrogens with zero attached hydrogens (tertiary/aromatic N) is 3. The fourth-order valence-corrected chi connectivity index (χ4v) is 4.65. The Morgan fingerprint density at radius 2 is 2.12 bits per heavy atom. The summed E-state index contributed by atoms with van der Waals surface area (Å²) < 4.78 is 13.0. The van der Waals surface area contributed by atoms with Crippen LogP contribution in [0.15, 0.2) is 59.7 Å². The number of fused-ring (bicyclic) bond motifs is 1. The molecule has 3 heterocycles. The van der Waals surface area contributed by atoms with Gasteiger partial charge in [0, 0.05) is 43.4 Å². The molecule has 6 nitrogen and oxygen atoms in total. The Kier molecular flexibility index (Phi) is 6.81. The van der Waals surface area contributed by atoms with Crippen LogP contribution in [0.25, 0.3) is 11.8 Å². The van der Waals surface area contributed by atoms with Gasteiger partial charge >= 0.3 is 0 Å². The molecule has 1 aliphatic carbocycles. The van der Waals surface area contributed by atoms with Gasteiger partial charge < -0.3 is 9.47 Å². The Morgan fingerprint density at radius 1 is 1.21 bits per heavy atom. The van der Waals surface area contributed by atoms with Gasteiger partial charge in [-0.25, -0.2) is 0 Å². The summed E-state index contributed by atoms with van der Waals surface area (Å²) in [5.41, 5.74) is 5.48. The summed E-state index contributed by atoms with van der Waals surface area (Å²) in [5, 5.41) is 0.580. The van der Waals surface area contributed by atoms with Crippen molar-refractivity contribution in [3.63, 3.8) is 0 Å². The van der Waals surface area contributed by atoms with Crippen LogP contribution < -0.4 is 10.3 Å². The Balaban J connectivity index is 1.27. The van der Waals surface area contributed by atoms with E-state index in [1.807, 2.05) is 6.07 Å². The number of aromatic nitrogens is 2. The van der Waals surface area contributed by atoms with E-state index < -0.39 is 0 Å². The number of aryl methyl sites for hydroxylation is 1. The van der Waals surface area contributed by atoms with Crippen LogP contribution in [0.5, 0.6) is 5.75 Å². The number of benzene rings is 1. The van der Waals surface area contributed by atoms with E-state index >= 15 is 0 Å². The lowest BCUT2D eigenvalue weighted by molar-refractivity contribution is 0.156. The van der Waals surface area contributed by atoms with Crippen LogP contribution in [-0.2, 0) is 24.3 Å². The van der Waals surface area contributed by atoms with Gasteiger partial charge in [0.1, 0.15) is 12.4 Å². The van der Waals surface area contributed by atoms with Crippen molar-refractivity contribution in [3.8, 4) is 5.75 Å². The molecule has 0 radical (unpaired) electrons. The molecule has 176 valence electrons. The van der Waals surface area contributed by atoms with E-state index in [1.165, 1.54) is 22.8 Å². The summed E-state index contributed by atoms with van der Waals surface area (Å²) in [6.07, 6.45) is 8.32. The number of pyridine rings is 2. The molecule has 2 aliphatic rings. The third kappa shape index (κ3) is 5.25. The van der Waals surface area contributed by atoms with Crippen LogP contribution in [0.3, 0.4) is 0 Å². The van der Waals surface area contributed by atoms with Crippen molar-refractivity contribution in [2.75, 3.05) is 20.3 Å². The van der Waals surface area contributed by atoms with Gasteiger partial charge in [-0.05, 0) is 67.3 Å². The highest BCUT2D eigenvalue weighted by atomic mass is 35.5. The minimum absolute atomic E-state index is 0.103. The van der Waals surface area contributed by atoms with E-state index in [9.17, 15) is 4.79 Å². The standard InChI is InChI=1S/C27H28ClN3O3/c1-30(25-9-11-33-18-25)16-19-2-3-21-13-24(7-4-20(21)12-19)31-10-8-26(14-27(31)32)34-17-23-6-5-22(28)15-29-23/h2-3,5-6,8,10,12-15,25H,4,7,9,11,16-18H2,1H3. The minimum Gasteiger partial charge on any atom is -0.487 e. The van der Waals surface area contributed by atoms with Gasteiger partial charge in [-0.3, -0.25) is 19.2 Å². The van der Waals surface area contributed by atoms with Crippen LogP contribution in [-0.4, -0.2) is 40.8 Å². The molecule has 1 aliphatic heterocycles. The van der Waals surface area contributed by atoms with Gasteiger partial charge in [0.05, 0.1) is 17.3 Å². The molecular weight excluding hydrogens is 450 g/mol. The van der Waals surface area contributed by atoms with E-state index in [4.69, 9.17) is 21.1 Å². The lowest BCUT2D eigenvalue weighted by Gasteiger charge is -2.24. The Morgan fingerprint density at radius 3 is 2.88 bits per heavy atom. The molecule has 0 saturated carbocycles. The molecule has 2 aromatic heterocycles. The lowest BCUT2D eigenvalue weighted by Crippen LogP contribution is -2.31. The first-order valence-electron chi connectivity index (χ1n) is 11.6. The quantitative estimate of drug-likeness (QED) is 0.496. The van der Waals surface area contributed by atoms with Crippen LogP contribution in [0.1, 0.15) is 35.2 Å². The predicted octanol–water partition coefficient (Wildman–Crippen LogP) is 4.64. The zero-order valence-electron chi connectivity index (χ0n) is 19.2. The second kappa shape index (κ2) is 10.1. The maximum absolute atomic E-state index is 12.8. The topological polar surface area (TPSA) is 56.6 Å². The maximum Gasteiger partial charge on any atom is 0.258 e. The average molecular weight is 478 g/mol. The molecule has 7 heteroatoms. The van der Waals surface area contributed by atoms with Crippen LogP contribution in [0.4, 0.5) is 0 Å². The number of rotatable bonds is 7. The van der Waals surface area contributed by atoms with Crippen molar-refractivity contribution in [1.82, 2.24) is 14.5 Å².